The van der Waals surface area contributed by atoms with Crippen molar-refractivity contribution in [1.82, 2.24) is 24.6 Å². The second-order valence-electron chi connectivity index (χ2n) is 5.92. The van der Waals surface area contributed by atoms with Crippen molar-refractivity contribution in [3.05, 3.63) is 36.5 Å². The molecular weight excluding hydrogens is 401 g/mol. The van der Waals surface area contributed by atoms with Crippen molar-refractivity contribution < 1.29 is 31.4 Å². The Kier molecular flexibility index (Phi) is 5.64. The Labute approximate surface area is 161 Å². The van der Waals surface area contributed by atoms with E-state index in [0.717, 1.165) is 4.40 Å². The Balaban J connectivity index is 1.89. The molecule has 29 heavy (non-hydrogen) atoms. The number of hydrogen-bond acceptors (Lipinski definition) is 6. The van der Waals surface area contributed by atoms with Gasteiger partial charge in [-0.25, -0.2) is 4.98 Å². The van der Waals surface area contributed by atoms with E-state index < -0.39 is 24.2 Å². The third-order valence-corrected chi connectivity index (χ3v) is 3.91. The SMILES string of the molecule is CCOC(F)(F)c1nnc2cnc(-c3ccc(O[C@@H](CC)C(F)(F)F)nc3)cn12. The Hall–Kier alpha value is -2.89. The predicted octanol–water partition coefficient (Wildman–Crippen LogP) is 3.99. The highest BCUT2D eigenvalue weighted by atomic mass is 19.4. The highest BCUT2D eigenvalue weighted by Crippen LogP contribution is 2.30. The van der Waals surface area contributed by atoms with Crippen LogP contribution in [0, 0.1) is 0 Å². The van der Waals surface area contributed by atoms with E-state index in [9.17, 15) is 22.0 Å². The van der Waals surface area contributed by atoms with Gasteiger partial charge in [-0.15, -0.1) is 10.2 Å². The Morgan fingerprint density at radius 2 is 1.79 bits per heavy atom. The number of alkyl halides is 5. The van der Waals surface area contributed by atoms with Crippen LogP contribution in [-0.2, 0) is 10.8 Å². The van der Waals surface area contributed by atoms with Crippen LogP contribution in [-0.4, -0.2) is 43.5 Å². The molecule has 7 nitrogen and oxygen atoms in total. The van der Waals surface area contributed by atoms with Crippen molar-refractivity contribution in [1.29, 1.82) is 0 Å². The summed E-state index contributed by atoms with van der Waals surface area (Å²) in [4.78, 5) is 7.94. The molecule has 1 atom stereocenters. The third-order valence-electron chi connectivity index (χ3n) is 3.91. The van der Waals surface area contributed by atoms with Crippen molar-refractivity contribution >= 4 is 5.65 Å². The zero-order valence-corrected chi connectivity index (χ0v) is 15.3. The lowest BCUT2D eigenvalue weighted by atomic mass is 10.2. The lowest BCUT2D eigenvalue weighted by molar-refractivity contribution is -0.251. The number of halogens is 5. The van der Waals surface area contributed by atoms with Gasteiger partial charge < -0.3 is 9.47 Å². The van der Waals surface area contributed by atoms with E-state index in [-0.39, 0.29) is 30.2 Å². The van der Waals surface area contributed by atoms with E-state index in [0.29, 0.717) is 5.56 Å². The van der Waals surface area contributed by atoms with Gasteiger partial charge in [0.25, 0.3) is 0 Å². The number of fused-ring (bicyclic) bond motifs is 1. The van der Waals surface area contributed by atoms with Gasteiger partial charge >= 0.3 is 12.3 Å². The predicted molar refractivity (Wildman–Crippen MR) is 90.3 cm³/mol. The van der Waals surface area contributed by atoms with Crippen LogP contribution in [0.3, 0.4) is 0 Å². The zero-order chi connectivity index (χ0) is 21.2. The van der Waals surface area contributed by atoms with E-state index in [1.165, 1.54) is 44.6 Å². The smallest absolute Gasteiger partial charge is 0.425 e. The van der Waals surface area contributed by atoms with Crippen molar-refractivity contribution in [2.45, 2.75) is 38.7 Å². The molecule has 0 aliphatic rings. The van der Waals surface area contributed by atoms with Gasteiger partial charge in [-0.2, -0.15) is 22.0 Å². The van der Waals surface area contributed by atoms with Crippen molar-refractivity contribution in [2.75, 3.05) is 6.61 Å². The third kappa shape index (κ3) is 4.42. The normalized spacial score (nSPS) is 13.6. The first-order chi connectivity index (χ1) is 13.7. The molecule has 3 aromatic rings. The molecule has 0 bridgehead atoms. The maximum Gasteiger partial charge on any atom is 0.425 e. The molecule has 0 saturated carbocycles. The molecule has 0 aliphatic carbocycles. The summed E-state index contributed by atoms with van der Waals surface area (Å²) >= 11 is 0. The Morgan fingerprint density at radius 1 is 1.03 bits per heavy atom. The fourth-order valence-electron chi connectivity index (χ4n) is 2.52. The second kappa shape index (κ2) is 7.85. The average molecular weight is 417 g/mol. The molecule has 3 rings (SSSR count). The van der Waals surface area contributed by atoms with Crippen LogP contribution < -0.4 is 4.74 Å². The van der Waals surface area contributed by atoms with E-state index in [1.807, 2.05) is 0 Å². The number of nitrogens with zero attached hydrogens (tertiary/aromatic N) is 5. The van der Waals surface area contributed by atoms with E-state index >= 15 is 0 Å². The highest BCUT2D eigenvalue weighted by Gasteiger charge is 2.41. The zero-order valence-electron chi connectivity index (χ0n) is 15.3. The standard InChI is InChI=1S/C17H16F5N5O2/c1-3-12(16(18,19)20)29-14-6-5-10(7-24-14)11-9-27-13(8-23-11)25-26-15(27)17(21,22)28-4-2/h5-9,12H,3-4H2,1-2H3/t12-/m0/s1. The molecule has 0 saturated heterocycles. The molecule has 0 spiro atoms. The van der Waals surface area contributed by atoms with Gasteiger partial charge in [0.1, 0.15) is 0 Å². The number of rotatable bonds is 7. The monoisotopic (exact) mass is 417 g/mol. The summed E-state index contributed by atoms with van der Waals surface area (Å²) in [6.07, 6.45) is -6.69. The number of ether oxygens (including phenoxy) is 2. The average Bonchev–Trinajstić information content (AvgIpc) is 3.09. The number of pyridine rings is 1. The maximum atomic E-state index is 14.1. The first-order valence-electron chi connectivity index (χ1n) is 8.58. The summed E-state index contributed by atoms with van der Waals surface area (Å²) in [7, 11) is 0. The minimum absolute atomic E-state index is 0.0759. The van der Waals surface area contributed by atoms with Crippen molar-refractivity contribution in [2.24, 2.45) is 0 Å². The Bertz CT molecular complexity index is 974. The van der Waals surface area contributed by atoms with Crippen LogP contribution in [0.15, 0.2) is 30.7 Å². The summed E-state index contributed by atoms with van der Waals surface area (Å²) < 4.78 is 76.9. The molecule has 0 fully saturated rings. The van der Waals surface area contributed by atoms with Crippen LogP contribution in [0.2, 0.25) is 0 Å². The van der Waals surface area contributed by atoms with E-state index in [1.54, 1.807) is 0 Å². The molecule has 0 aromatic carbocycles. The van der Waals surface area contributed by atoms with Gasteiger partial charge in [0, 0.05) is 24.0 Å². The summed E-state index contributed by atoms with van der Waals surface area (Å²) in [5, 5.41) is 7.08. The molecule has 3 heterocycles. The summed E-state index contributed by atoms with van der Waals surface area (Å²) in [5.74, 6) is -0.936. The Morgan fingerprint density at radius 3 is 2.38 bits per heavy atom. The fraction of sp³-hybridized carbons (Fsp3) is 0.412. The lowest BCUT2D eigenvalue weighted by Gasteiger charge is -2.19. The quantitative estimate of drug-likeness (QED) is 0.541. The van der Waals surface area contributed by atoms with Gasteiger partial charge in [0.2, 0.25) is 11.7 Å². The lowest BCUT2D eigenvalue weighted by Crippen LogP contribution is -2.33. The van der Waals surface area contributed by atoms with Crippen LogP contribution in [0.4, 0.5) is 22.0 Å². The van der Waals surface area contributed by atoms with Crippen molar-refractivity contribution in [3.8, 4) is 17.1 Å². The molecule has 0 amide bonds. The van der Waals surface area contributed by atoms with E-state index in [4.69, 9.17) is 4.74 Å². The first-order valence-corrected chi connectivity index (χ1v) is 8.58. The largest absolute Gasteiger partial charge is 0.465 e. The van der Waals surface area contributed by atoms with Gasteiger partial charge in [0.15, 0.2) is 11.8 Å². The highest BCUT2D eigenvalue weighted by molar-refractivity contribution is 5.59. The van der Waals surface area contributed by atoms with Crippen LogP contribution in [0.5, 0.6) is 5.88 Å². The topological polar surface area (TPSA) is 74.4 Å². The van der Waals surface area contributed by atoms with Crippen molar-refractivity contribution in [3.63, 3.8) is 0 Å². The number of hydrogen-bond donors (Lipinski definition) is 0. The molecule has 0 aliphatic heterocycles. The minimum atomic E-state index is -4.52. The first kappa shape index (κ1) is 20.8. The molecule has 0 N–H and O–H groups in total. The van der Waals surface area contributed by atoms with Gasteiger partial charge in [-0.05, 0) is 19.4 Å². The molecule has 156 valence electrons. The molecule has 3 aromatic heterocycles. The summed E-state index contributed by atoms with van der Waals surface area (Å²) in [5.41, 5.74) is 0.679. The molecular formula is C17H16F5N5O2. The van der Waals surface area contributed by atoms with Gasteiger partial charge in [0.05, 0.1) is 18.5 Å². The molecule has 0 radical (unpaired) electrons. The van der Waals surface area contributed by atoms with Crippen LogP contribution in [0.1, 0.15) is 26.1 Å². The summed E-state index contributed by atoms with van der Waals surface area (Å²) in [6.45, 7) is 2.53. The second-order valence-corrected chi connectivity index (χ2v) is 5.92. The van der Waals surface area contributed by atoms with Crippen LogP contribution in [0.25, 0.3) is 16.9 Å². The minimum Gasteiger partial charge on any atom is -0.465 e. The fourth-order valence-corrected chi connectivity index (χ4v) is 2.52. The molecule has 0 unspecified atom stereocenters. The van der Waals surface area contributed by atoms with E-state index in [2.05, 4.69) is 24.9 Å². The van der Waals surface area contributed by atoms with Gasteiger partial charge in [-0.3, -0.25) is 9.38 Å². The maximum absolute atomic E-state index is 14.1. The van der Waals surface area contributed by atoms with Gasteiger partial charge in [-0.1, -0.05) is 6.92 Å². The molecule has 12 heteroatoms. The number of aromatic nitrogens is 5. The van der Waals surface area contributed by atoms with Crippen LogP contribution >= 0.6 is 0 Å². The summed E-state index contributed by atoms with van der Waals surface area (Å²) in [6, 6.07) is 2.67.